The normalized spacial score (nSPS) is 42.4. The molecule has 3 aliphatic rings. The van der Waals surface area contributed by atoms with Gasteiger partial charge in [-0.05, 0) is 105 Å². The standard InChI is InChI=1S/C27H50O/c1-4-20-9-12-24(13-10-20)26-16-14-25(19-23(26)6-3)27-15-11-21(8-7-17-28)18-22(27)5-2/h20-28H,4-19H2,1-3H3. The quantitative estimate of drug-likeness (QED) is 0.447. The average molecular weight is 391 g/mol. The maximum absolute atomic E-state index is 9.19. The molecule has 0 bridgehead atoms. The number of hydrogen-bond acceptors (Lipinski definition) is 1. The van der Waals surface area contributed by atoms with Crippen molar-refractivity contribution in [3.05, 3.63) is 0 Å². The van der Waals surface area contributed by atoms with E-state index in [4.69, 9.17) is 0 Å². The summed E-state index contributed by atoms with van der Waals surface area (Å²) in [6.45, 7) is 7.72. The van der Waals surface area contributed by atoms with E-state index in [0.717, 1.165) is 53.8 Å². The molecule has 6 unspecified atom stereocenters. The van der Waals surface area contributed by atoms with Crippen LogP contribution in [0.25, 0.3) is 0 Å². The number of hydrogen-bond donors (Lipinski definition) is 1. The number of aliphatic hydroxyl groups is 1. The molecule has 0 saturated heterocycles. The van der Waals surface area contributed by atoms with Gasteiger partial charge in [0.25, 0.3) is 0 Å². The molecule has 0 aromatic rings. The molecule has 1 heteroatoms. The first-order valence-electron chi connectivity index (χ1n) is 13.3. The van der Waals surface area contributed by atoms with Gasteiger partial charge in [0.05, 0.1) is 0 Å². The third-order valence-electron chi connectivity index (χ3n) is 9.73. The summed E-state index contributed by atoms with van der Waals surface area (Å²) in [5, 5.41) is 9.19. The summed E-state index contributed by atoms with van der Waals surface area (Å²) in [6, 6.07) is 0. The molecule has 0 radical (unpaired) electrons. The third-order valence-corrected chi connectivity index (χ3v) is 9.73. The lowest BCUT2D eigenvalue weighted by atomic mass is 9.58. The molecule has 3 rings (SSSR count). The molecule has 0 spiro atoms. The molecule has 0 aromatic carbocycles. The van der Waals surface area contributed by atoms with Crippen molar-refractivity contribution in [1.29, 1.82) is 0 Å². The van der Waals surface area contributed by atoms with E-state index in [2.05, 4.69) is 20.8 Å². The van der Waals surface area contributed by atoms with Crippen molar-refractivity contribution >= 4 is 0 Å². The molecule has 0 amide bonds. The van der Waals surface area contributed by atoms with Crippen LogP contribution in [-0.2, 0) is 0 Å². The second kappa shape index (κ2) is 11.4. The molecule has 3 saturated carbocycles. The van der Waals surface area contributed by atoms with E-state index in [1.165, 1.54) is 77.0 Å². The highest BCUT2D eigenvalue weighted by atomic mass is 16.2. The minimum atomic E-state index is 0.388. The second-order valence-corrected chi connectivity index (χ2v) is 11.0. The zero-order chi connectivity index (χ0) is 19.9. The number of rotatable bonds is 8. The molecular weight excluding hydrogens is 340 g/mol. The molecule has 0 heterocycles. The highest BCUT2D eigenvalue weighted by molar-refractivity contribution is 4.91. The van der Waals surface area contributed by atoms with Gasteiger partial charge in [0, 0.05) is 6.61 Å². The molecule has 164 valence electrons. The predicted molar refractivity (Wildman–Crippen MR) is 121 cm³/mol. The van der Waals surface area contributed by atoms with E-state index in [9.17, 15) is 5.11 Å². The van der Waals surface area contributed by atoms with Gasteiger partial charge in [-0.25, -0.2) is 0 Å². The lowest BCUT2D eigenvalue weighted by molar-refractivity contribution is 0.0286. The van der Waals surface area contributed by atoms with E-state index in [0.29, 0.717) is 6.61 Å². The summed E-state index contributed by atoms with van der Waals surface area (Å²) < 4.78 is 0. The van der Waals surface area contributed by atoms with Crippen LogP contribution in [0.3, 0.4) is 0 Å². The highest BCUT2D eigenvalue weighted by Crippen LogP contribution is 2.51. The predicted octanol–water partition coefficient (Wildman–Crippen LogP) is 7.86. The van der Waals surface area contributed by atoms with Crippen molar-refractivity contribution < 1.29 is 5.11 Å². The largest absolute Gasteiger partial charge is 0.396 e. The summed E-state index contributed by atoms with van der Waals surface area (Å²) in [5.41, 5.74) is 0. The van der Waals surface area contributed by atoms with Gasteiger partial charge >= 0.3 is 0 Å². The Morgan fingerprint density at radius 1 is 0.607 bits per heavy atom. The van der Waals surface area contributed by atoms with E-state index in [1.807, 2.05) is 0 Å². The Labute approximate surface area is 176 Å². The van der Waals surface area contributed by atoms with Gasteiger partial charge in [0.2, 0.25) is 0 Å². The van der Waals surface area contributed by atoms with Crippen molar-refractivity contribution in [2.24, 2.45) is 47.3 Å². The highest BCUT2D eigenvalue weighted by Gasteiger charge is 2.41. The van der Waals surface area contributed by atoms with Gasteiger partial charge in [-0.1, -0.05) is 59.3 Å². The molecule has 3 fully saturated rings. The van der Waals surface area contributed by atoms with Gasteiger partial charge < -0.3 is 5.11 Å². The minimum Gasteiger partial charge on any atom is -0.396 e. The Hall–Kier alpha value is -0.0400. The molecule has 0 aromatic heterocycles. The average Bonchev–Trinajstić information content (AvgIpc) is 2.77. The van der Waals surface area contributed by atoms with E-state index < -0.39 is 0 Å². The topological polar surface area (TPSA) is 20.2 Å². The van der Waals surface area contributed by atoms with Gasteiger partial charge in [-0.2, -0.15) is 0 Å². The monoisotopic (exact) mass is 390 g/mol. The Kier molecular flexibility index (Phi) is 9.20. The van der Waals surface area contributed by atoms with Crippen LogP contribution >= 0.6 is 0 Å². The molecule has 3 aliphatic carbocycles. The summed E-state index contributed by atoms with van der Waals surface area (Å²) in [7, 11) is 0. The van der Waals surface area contributed by atoms with Crippen LogP contribution in [0.15, 0.2) is 0 Å². The van der Waals surface area contributed by atoms with Crippen molar-refractivity contribution in [1.82, 2.24) is 0 Å². The lowest BCUT2D eigenvalue weighted by Gasteiger charge is -2.47. The van der Waals surface area contributed by atoms with Crippen LogP contribution in [0.4, 0.5) is 0 Å². The van der Waals surface area contributed by atoms with Crippen molar-refractivity contribution in [2.45, 2.75) is 117 Å². The van der Waals surface area contributed by atoms with E-state index >= 15 is 0 Å². The fourth-order valence-corrected chi connectivity index (χ4v) is 7.94. The van der Waals surface area contributed by atoms with Crippen LogP contribution in [-0.4, -0.2) is 11.7 Å². The molecule has 0 aliphatic heterocycles. The zero-order valence-electron chi connectivity index (χ0n) is 19.4. The zero-order valence-corrected chi connectivity index (χ0v) is 19.4. The molecule has 1 N–H and O–H groups in total. The Morgan fingerprint density at radius 3 is 1.82 bits per heavy atom. The maximum atomic E-state index is 9.19. The van der Waals surface area contributed by atoms with Gasteiger partial charge in [0.15, 0.2) is 0 Å². The van der Waals surface area contributed by atoms with Gasteiger partial charge in [-0.3, -0.25) is 0 Å². The number of aliphatic hydroxyl groups excluding tert-OH is 1. The molecule has 1 nitrogen and oxygen atoms in total. The van der Waals surface area contributed by atoms with Crippen molar-refractivity contribution in [3.8, 4) is 0 Å². The summed E-state index contributed by atoms with van der Waals surface area (Å²) in [4.78, 5) is 0. The molecule has 28 heavy (non-hydrogen) atoms. The summed E-state index contributed by atoms with van der Waals surface area (Å²) in [5.74, 6) is 8.09. The summed E-state index contributed by atoms with van der Waals surface area (Å²) in [6.07, 6.45) is 21.7. The fraction of sp³-hybridized carbons (Fsp3) is 1.00. The fourth-order valence-electron chi connectivity index (χ4n) is 7.94. The molecular formula is C27H50O. The minimum absolute atomic E-state index is 0.388. The van der Waals surface area contributed by atoms with Crippen LogP contribution in [0, 0.1) is 47.3 Å². The second-order valence-electron chi connectivity index (χ2n) is 11.0. The smallest absolute Gasteiger partial charge is 0.0431 e. The first-order valence-corrected chi connectivity index (χ1v) is 13.3. The van der Waals surface area contributed by atoms with Crippen LogP contribution in [0.5, 0.6) is 0 Å². The van der Waals surface area contributed by atoms with Crippen molar-refractivity contribution in [3.63, 3.8) is 0 Å². The maximum Gasteiger partial charge on any atom is 0.0431 e. The molecule has 6 atom stereocenters. The Morgan fingerprint density at radius 2 is 1.18 bits per heavy atom. The third kappa shape index (κ3) is 5.55. The SMILES string of the molecule is CCC1CCC(C2CCC(C3CCC(CCCO)CC3CC)CC2CC)CC1. The van der Waals surface area contributed by atoms with Crippen molar-refractivity contribution in [2.75, 3.05) is 6.61 Å². The van der Waals surface area contributed by atoms with E-state index in [1.54, 1.807) is 12.8 Å². The first-order chi connectivity index (χ1) is 13.7. The Balaban J connectivity index is 1.54. The van der Waals surface area contributed by atoms with Crippen LogP contribution in [0.2, 0.25) is 0 Å². The summed E-state index contributed by atoms with van der Waals surface area (Å²) >= 11 is 0. The van der Waals surface area contributed by atoms with E-state index in [-0.39, 0.29) is 0 Å². The Bertz CT molecular complexity index is 424. The first kappa shape index (κ1) is 22.6. The van der Waals surface area contributed by atoms with Crippen LogP contribution in [0.1, 0.15) is 117 Å². The van der Waals surface area contributed by atoms with Gasteiger partial charge in [-0.15, -0.1) is 0 Å². The van der Waals surface area contributed by atoms with Gasteiger partial charge in [0.1, 0.15) is 0 Å². The van der Waals surface area contributed by atoms with Crippen LogP contribution < -0.4 is 0 Å². The lowest BCUT2D eigenvalue weighted by Crippen LogP contribution is -2.38.